The van der Waals surface area contributed by atoms with Gasteiger partial charge in [-0.25, -0.2) is 0 Å². The minimum absolute atomic E-state index is 0.0467. The van der Waals surface area contributed by atoms with E-state index < -0.39 is 0 Å². The molecule has 0 bridgehead atoms. The molecule has 17 heavy (non-hydrogen) atoms. The number of hydrogen-bond acceptors (Lipinski definition) is 2. The molecule has 0 fully saturated rings. The zero-order valence-electron chi connectivity index (χ0n) is 9.74. The van der Waals surface area contributed by atoms with E-state index in [0.29, 0.717) is 17.8 Å². The number of nitrogens with two attached hydrogens (primary N) is 1. The van der Waals surface area contributed by atoms with Crippen LogP contribution in [0.3, 0.4) is 0 Å². The van der Waals surface area contributed by atoms with Gasteiger partial charge in [-0.2, -0.15) is 0 Å². The van der Waals surface area contributed by atoms with E-state index in [1.54, 1.807) is 12.1 Å². The van der Waals surface area contributed by atoms with Gasteiger partial charge in [0.25, 0.3) is 5.91 Å². The van der Waals surface area contributed by atoms with Crippen molar-refractivity contribution in [3.63, 3.8) is 0 Å². The molecular weight excluding hydrogens is 280 g/mol. The summed E-state index contributed by atoms with van der Waals surface area (Å²) in [4.78, 5) is 14.1. The fourth-order valence-electron chi connectivity index (χ4n) is 2.00. The van der Waals surface area contributed by atoms with E-state index in [4.69, 9.17) is 5.73 Å². The molecule has 0 atom stereocenters. The van der Waals surface area contributed by atoms with Crippen LogP contribution in [0.1, 0.15) is 23.7 Å². The van der Waals surface area contributed by atoms with E-state index >= 15 is 0 Å². The Balaban J connectivity index is 2.22. The minimum atomic E-state index is 0.0467. The highest BCUT2D eigenvalue weighted by atomic mass is 79.9. The first-order chi connectivity index (χ1) is 8.06. The summed E-state index contributed by atoms with van der Waals surface area (Å²) in [6, 6.07) is 5.32. The van der Waals surface area contributed by atoms with Crippen LogP contribution in [0.25, 0.3) is 0 Å². The van der Waals surface area contributed by atoms with Crippen LogP contribution < -0.4 is 5.73 Å². The van der Waals surface area contributed by atoms with E-state index in [1.807, 2.05) is 11.0 Å². The van der Waals surface area contributed by atoms with Gasteiger partial charge in [0, 0.05) is 28.8 Å². The first kappa shape index (κ1) is 12.2. The summed E-state index contributed by atoms with van der Waals surface area (Å²) < 4.78 is 0.838. The van der Waals surface area contributed by atoms with E-state index in [2.05, 4.69) is 28.9 Å². The highest BCUT2D eigenvalue weighted by molar-refractivity contribution is 9.10. The molecule has 1 aromatic carbocycles. The lowest BCUT2D eigenvalue weighted by Gasteiger charge is -2.26. The first-order valence-electron chi connectivity index (χ1n) is 5.57. The zero-order chi connectivity index (χ0) is 12.4. The Labute approximate surface area is 109 Å². The highest BCUT2D eigenvalue weighted by Crippen LogP contribution is 2.20. The quantitative estimate of drug-likeness (QED) is 0.639. The van der Waals surface area contributed by atoms with E-state index in [0.717, 1.165) is 17.4 Å². The summed E-state index contributed by atoms with van der Waals surface area (Å²) in [5.41, 5.74) is 8.23. The number of amides is 1. The van der Waals surface area contributed by atoms with Gasteiger partial charge in [-0.15, -0.1) is 0 Å². The molecule has 1 aromatic rings. The van der Waals surface area contributed by atoms with E-state index in [-0.39, 0.29) is 5.91 Å². The maximum Gasteiger partial charge on any atom is 0.254 e. The number of anilines is 1. The molecule has 90 valence electrons. The van der Waals surface area contributed by atoms with Gasteiger partial charge in [0.05, 0.1) is 0 Å². The Kier molecular flexibility index (Phi) is 3.52. The topological polar surface area (TPSA) is 46.3 Å². The van der Waals surface area contributed by atoms with Crippen molar-refractivity contribution in [3.05, 3.63) is 39.9 Å². The van der Waals surface area contributed by atoms with Crippen molar-refractivity contribution in [1.82, 2.24) is 4.90 Å². The predicted molar refractivity (Wildman–Crippen MR) is 72.8 cm³/mol. The second-order valence-electron chi connectivity index (χ2n) is 4.34. The molecule has 1 aliphatic heterocycles. The number of benzene rings is 1. The Hall–Kier alpha value is -1.29. The highest BCUT2D eigenvalue weighted by Gasteiger charge is 2.18. The Morgan fingerprint density at radius 1 is 1.41 bits per heavy atom. The maximum absolute atomic E-state index is 12.3. The van der Waals surface area contributed by atoms with Gasteiger partial charge in [0.1, 0.15) is 0 Å². The van der Waals surface area contributed by atoms with Crippen molar-refractivity contribution in [1.29, 1.82) is 0 Å². The summed E-state index contributed by atoms with van der Waals surface area (Å²) in [5.74, 6) is 0.0467. The van der Waals surface area contributed by atoms with Crippen LogP contribution in [0, 0.1) is 0 Å². The summed E-state index contributed by atoms with van der Waals surface area (Å²) in [5, 5.41) is 0. The van der Waals surface area contributed by atoms with Crippen LogP contribution >= 0.6 is 15.9 Å². The standard InChI is InChI=1S/C13H15BrN2O/c1-9-3-2-4-16(8-9)13(17)10-5-11(14)7-12(15)6-10/h3,5-7H,2,4,8,15H2,1H3. The smallest absolute Gasteiger partial charge is 0.254 e. The van der Waals surface area contributed by atoms with Gasteiger partial charge in [0.2, 0.25) is 0 Å². The fraction of sp³-hybridized carbons (Fsp3) is 0.308. The number of rotatable bonds is 1. The first-order valence-corrected chi connectivity index (χ1v) is 6.36. The minimum Gasteiger partial charge on any atom is -0.399 e. The maximum atomic E-state index is 12.3. The van der Waals surface area contributed by atoms with Crippen molar-refractivity contribution in [2.75, 3.05) is 18.8 Å². The van der Waals surface area contributed by atoms with Crippen molar-refractivity contribution < 1.29 is 4.79 Å². The average Bonchev–Trinajstić information content (AvgIpc) is 2.26. The largest absolute Gasteiger partial charge is 0.399 e. The molecule has 0 spiro atoms. The molecule has 0 saturated heterocycles. The number of carbonyl (C=O) groups is 1. The summed E-state index contributed by atoms with van der Waals surface area (Å²) in [6.07, 6.45) is 3.11. The number of halogens is 1. The summed E-state index contributed by atoms with van der Waals surface area (Å²) >= 11 is 3.36. The number of nitrogen functional groups attached to an aromatic ring is 1. The Bertz CT molecular complexity index is 462. The van der Waals surface area contributed by atoms with Crippen LogP contribution in [-0.2, 0) is 0 Å². The Morgan fingerprint density at radius 3 is 2.82 bits per heavy atom. The van der Waals surface area contributed by atoms with Crippen LogP contribution in [-0.4, -0.2) is 23.9 Å². The van der Waals surface area contributed by atoms with E-state index in [1.165, 1.54) is 5.57 Å². The molecule has 1 aliphatic rings. The molecular formula is C13H15BrN2O. The SMILES string of the molecule is CC1=CCCN(C(=O)c2cc(N)cc(Br)c2)C1. The lowest BCUT2D eigenvalue weighted by atomic mass is 10.1. The van der Waals surface area contributed by atoms with Crippen molar-refractivity contribution in [2.45, 2.75) is 13.3 Å². The summed E-state index contributed by atoms with van der Waals surface area (Å²) in [7, 11) is 0. The third-order valence-corrected chi connectivity index (χ3v) is 3.24. The molecule has 1 heterocycles. The van der Waals surface area contributed by atoms with Crippen molar-refractivity contribution in [2.24, 2.45) is 0 Å². The zero-order valence-corrected chi connectivity index (χ0v) is 11.3. The lowest BCUT2D eigenvalue weighted by Crippen LogP contribution is -2.35. The second kappa shape index (κ2) is 4.92. The summed E-state index contributed by atoms with van der Waals surface area (Å²) in [6.45, 7) is 3.54. The number of hydrogen-bond donors (Lipinski definition) is 1. The molecule has 0 aliphatic carbocycles. The van der Waals surface area contributed by atoms with Gasteiger partial charge in [-0.05, 0) is 31.5 Å². The Morgan fingerprint density at radius 2 is 2.18 bits per heavy atom. The van der Waals surface area contributed by atoms with Gasteiger partial charge in [0.15, 0.2) is 0 Å². The molecule has 0 radical (unpaired) electrons. The average molecular weight is 295 g/mol. The van der Waals surface area contributed by atoms with Gasteiger partial charge < -0.3 is 10.6 Å². The third kappa shape index (κ3) is 2.88. The van der Waals surface area contributed by atoms with E-state index in [9.17, 15) is 4.79 Å². The predicted octanol–water partition coefficient (Wildman–Crippen LogP) is 2.82. The lowest BCUT2D eigenvalue weighted by molar-refractivity contribution is 0.0766. The molecule has 3 nitrogen and oxygen atoms in total. The van der Waals surface area contributed by atoms with Crippen LogP contribution in [0.15, 0.2) is 34.3 Å². The molecule has 0 aromatic heterocycles. The third-order valence-electron chi connectivity index (χ3n) is 2.79. The molecule has 2 rings (SSSR count). The molecule has 1 amide bonds. The molecule has 2 N–H and O–H groups in total. The van der Waals surface area contributed by atoms with Crippen LogP contribution in [0.2, 0.25) is 0 Å². The van der Waals surface area contributed by atoms with Crippen molar-refractivity contribution in [3.8, 4) is 0 Å². The van der Waals surface area contributed by atoms with Crippen LogP contribution in [0.5, 0.6) is 0 Å². The number of carbonyl (C=O) groups excluding carboxylic acids is 1. The monoisotopic (exact) mass is 294 g/mol. The fourth-order valence-corrected chi connectivity index (χ4v) is 2.51. The normalized spacial score (nSPS) is 15.6. The molecule has 4 heteroatoms. The molecule has 0 unspecified atom stereocenters. The van der Waals surface area contributed by atoms with Gasteiger partial charge in [-0.3, -0.25) is 4.79 Å². The number of nitrogens with zero attached hydrogens (tertiary/aromatic N) is 1. The van der Waals surface area contributed by atoms with Gasteiger partial charge in [-0.1, -0.05) is 27.6 Å². The van der Waals surface area contributed by atoms with Crippen molar-refractivity contribution >= 4 is 27.5 Å². The molecule has 0 saturated carbocycles. The van der Waals surface area contributed by atoms with Gasteiger partial charge >= 0.3 is 0 Å². The second-order valence-corrected chi connectivity index (χ2v) is 5.25. The van der Waals surface area contributed by atoms with Crippen LogP contribution in [0.4, 0.5) is 5.69 Å².